The Morgan fingerprint density at radius 3 is 2.47 bits per heavy atom. The second-order valence-corrected chi connectivity index (χ2v) is 5.11. The van der Waals surface area contributed by atoms with E-state index in [1.165, 1.54) is 0 Å². The third-order valence-electron chi connectivity index (χ3n) is 3.54. The van der Waals surface area contributed by atoms with Crippen LogP contribution in [0.2, 0.25) is 0 Å². The molecule has 0 bridgehead atoms. The Morgan fingerprint density at radius 1 is 1.16 bits per heavy atom. The van der Waals surface area contributed by atoms with Crippen molar-refractivity contribution in [2.75, 3.05) is 6.54 Å². The monoisotopic (exact) mass is 270 g/mol. The molecule has 0 aromatic rings. The summed E-state index contributed by atoms with van der Waals surface area (Å²) in [5.74, 6) is -1.78. The van der Waals surface area contributed by atoms with Crippen LogP contribution in [0.5, 0.6) is 0 Å². The molecule has 0 aromatic heterocycles. The van der Waals surface area contributed by atoms with Gasteiger partial charge >= 0.3 is 5.97 Å². The minimum atomic E-state index is -0.807. The van der Waals surface area contributed by atoms with Crippen molar-refractivity contribution in [2.24, 2.45) is 17.6 Å². The molecule has 0 saturated heterocycles. The number of carboxylic acids is 1. The lowest BCUT2D eigenvalue weighted by atomic mass is 9.81. The lowest BCUT2D eigenvalue weighted by Gasteiger charge is -2.25. The maximum absolute atomic E-state index is 11.9. The van der Waals surface area contributed by atoms with E-state index in [-0.39, 0.29) is 23.7 Å². The number of nitrogens with two attached hydrogens (primary N) is 1. The SMILES string of the molecule is NC(=O)CCCCNC(=O)C1CCCC(C(=O)O)C1. The van der Waals surface area contributed by atoms with Gasteiger partial charge in [0.25, 0.3) is 0 Å². The lowest BCUT2D eigenvalue weighted by Crippen LogP contribution is -2.35. The van der Waals surface area contributed by atoms with Crippen LogP contribution in [0.1, 0.15) is 44.9 Å². The minimum absolute atomic E-state index is 0.0648. The number of amides is 2. The van der Waals surface area contributed by atoms with Crippen LogP contribution in [0.25, 0.3) is 0 Å². The van der Waals surface area contributed by atoms with Crippen LogP contribution in [0.3, 0.4) is 0 Å². The second-order valence-electron chi connectivity index (χ2n) is 5.11. The molecule has 19 heavy (non-hydrogen) atoms. The average Bonchev–Trinajstić information content (AvgIpc) is 2.37. The molecule has 0 aromatic carbocycles. The second kappa shape index (κ2) is 7.76. The summed E-state index contributed by atoms with van der Waals surface area (Å²) in [5, 5.41) is 11.8. The van der Waals surface area contributed by atoms with Crippen molar-refractivity contribution < 1.29 is 19.5 Å². The predicted molar refractivity (Wildman–Crippen MR) is 69.1 cm³/mol. The van der Waals surface area contributed by atoms with E-state index in [1.807, 2.05) is 0 Å². The number of hydrogen-bond donors (Lipinski definition) is 3. The highest BCUT2D eigenvalue weighted by Gasteiger charge is 2.30. The Hall–Kier alpha value is -1.59. The van der Waals surface area contributed by atoms with Gasteiger partial charge in [0.05, 0.1) is 5.92 Å². The van der Waals surface area contributed by atoms with Crippen molar-refractivity contribution >= 4 is 17.8 Å². The number of carboxylic acid groups (broad SMARTS) is 1. The number of rotatable bonds is 7. The quantitative estimate of drug-likeness (QED) is 0.590. The topological polar surface area (TPSA) is 109 Å². The molecular weight excluding hydrogens is 248 g/mol. The maximum Gasteiger partial charge on any atom is 0.306 e. The summed E-state index contributed by atoms with van der Waals surface area (Å²) in [4.78, 5) is 33.3. The zero-order valence-electron chi connectivity index (χ0n) is 11.1. The van der Waals surface area contributed by atoms with Crippen LogP contribution >= 0.6 is 0 Å². The summed E-state index contributed by atoms with van der Waals surface area (Å²) in [5.41, 5.74) is 5.01. The molecular formula is C13H22N2O4. The summed E-state index contributed by atoms with van der Waals surface area (Å²) in [6.07, 6.45) is 4.36. The highest BCUT2D eigenvalue weighted by atomic mass is 16.4. The number of primary amides is 1. The van der Waals surface area contributed by atoms with Crippen LogP contribution in [0.4, 0.5) is 0 Å². The molecule has 1 rings (SSSR count). The van der Waals surface area contributed by atoms with E-state index >= 15 is 0 Å². The molecule has 1 fully saturated rings. The van der Waals surface area contributed by atoms with Gasteiger partial charge in [-0.05, 0) is 32.1 Å². The summed E-state index contributed by atoms with van der Waals surface area (Å²) in [6.45, 7) is 0.514. The molecule has 2 atom stereocenters. The van der Waals surface area contributed by atoms with E-state index in [0.717, 1.165) is 12.8 Å². The number of hydrogen-bond acceptors (Lipinski definition) is 3. The molecule has 4 N–H and O–H groups in total. The Morgan fingerprint density at radius 2 is 1.84 bits per heavy atom. The fourth-order valence-electron chi connectivity index (χ4n) is 2.43. The lowest BCUT2D eigenvalue weighted by molar-refractivity contribution is -0.144. The molecule has 1 saturated carbocycles. The Bertz CT molecular complexity index is 344. The van der Waals surface area contributed by atoms with Crippen molar-refractivity contribution in [1.29, 1.82) is 0 Å². The summed E-state index contributed by atoms with van der Waals surface area (Å²) >= 11 is 0. The van der Waals surface area contributed by atoms with Gasteiger partial charge in [0.2, 0.25) is 11.8 Å². The molecule has 0 aliphatic heterocycles. The fraction of sp³-hybridized carbons (Fsp3) is 0.769. The van der Waals surface area contributed by atoms with Crippen LogP contribution in [0.15, 0.2) is 0 Å². The molecule has 6 heteroatoms. The van der Waals surface area contributed by atoms with E-state index in [2.05, 4.69) is 5.32 Å². The number of carbonyl (C=O) groups is 3. The minimum Gasteiger partial charge on any atom is -0.481 e. The van der Waals surface area contributed by atoms with E-state index < -0.39 is 5.97 Å². The van der Waals surface area contributed by atoms with Crippen molar-refractivity contribution in [2.45, 2.75) is 44.9 Å². The standard InChI is InChI=1S/C13H22N2O4/c14-11(16)6-1-2-7-15-12(17)9-4-3-5-10(8-9)13(18)19/h9-10H,1-8H2,(H2,14,16)(H,15,17)(H,18,19). The number of nitrogens with one attached hydrogen (secondary N) is 1. The highest BCUT2D eigenvalue weighted by molar-refractivity contribution is 5.80. The van der Waals surface area contributed by atoms with E-state index in [1.54, 1.807) is 0 Å². The zero-order chi connectivity index (χ0) is 14.3. The van der Waals surface area contributed by atoms with Gasteiger partial charge in [-0.15, -0.1) is 0 Å². The van der Waals surface area contributed by atoms with Crippen LogP contribution in [-0.2, 0) is 14.4 Å². The Labute approximate surface area is 112 Å². The third-order valence-corrected chi connectivity index (χ3v) is 3.54. The third kappa shape index (κ3) is 5.72. The van der Waals surface area contributed by atoms with Crippen LogP contribution < -0.4 is 11.1 Å². The normalized spacial score (nSPS) is 22.7. The maximum atomic E-state index is 11.9. The molecule has 2 amide bonds. The molecule has 1 aliphatic carbocycles. The fourth-order valence-corrected chi connectivity index (χ4v) is 2.43. The van der Waals surface area contributed by atoms with Crippen molar-refractivity contribution in [3.8, 4) is 0 Å². The number of aliphatic carboxylic acids is 1. The van der Waals surface area contributed by atoms with Gasteiger partial charge in [0.1, 0.15) is 0 Å². The first-order chi connectivity index (χ1) is 9.00. The first-order valence-corrected chi connectivity index (χ1v) is 6.79. The van der Waals surface area contributed by atoms with Gasteiger partial charge in [0, 0.05) is 18.9 Å². The van der Waals surface area contributed by atoms with E-state index in [4.69, 9.17) is 10.8 Å². The van der Waals surface area contributed by atoms with Crippen LogP contribution in [-0.4, -0.2) is 29.4 Å². The summed E-state index contributed by atoms with van der Waals surface area (Å²) in [7, 11) is 0. The molecule has 0 radical (unpaired) electrons. The molecule has 6 nitrogen and oxygen atoms in total. The van der Waals surface area contributed by atoms with Gasteiger partial charge in [-0.25, -0.2) is 0 Å². The summed E-state index contributed by atoms with van der Waals surface area (Å²) < 4.78 is 0. The van der Waals surface area contributed by atoms with E-state index in [0.29, 0.717) is 38.6 Å². The van der Waals surface area contributed by atoms with Gasteiger partial charge in [0.15, 0.2) is 0 Å². The molecule has 0 spiro atoms. The van der Waals surface area contributed by atoms with Crippen molar-refractivity contribution in [3.63, 3.8) is 0 Å². The summed E-state index contributed by atoms with van der Waals surface area (Å²) in [6, 6.07) is 0. The first kappa shape index (κ1) is 15.5. The Balaban J connectivity index is 2.21. The number of carbonyl (C=O) groups excluding carboxylic acids is 2. The van der Waals surface area contributed by atoms with Gasteiger partial charge in [-0.3, -0.25) is 14.4 Å². The molecule has 0 heterocycles. The largest absolute Gasteiger partial charge is 0.481 e. The van der Waals surface area contributed by atoms with Gasteiger partial charge in [-0.2, -0.15) is 0 Å². The first-order valence-electron chi connectivity index (χ1n) is 6.79. The average molecular weight is 270 g/mol. The van der Waals surface area contributed by atoms with Crippen molar-refractivity contribution in [3.05, 3.63) is 0 Å². The molecule has 1 aliphatic rings. The van der Waals surface area contributed by atoms with Crippen LogP contribution in [0, 0.1) is 11.8 Å². The molecule has 2 unspecified atom stereocenters. The van der Waals surface area contributed by atoms with E-state index in [9.17, 15) is 14.4 Å². The zero-order valence-corrected chi connectivity index (χ0v) is 11.1. The Kier molecular flexibility index (Phi) is 6.32. The molecule has 108 valence electrons. The van der Waals surface area contributed by atoms with Crippen molar-refractivity contribution in [1.82, 2.24) is 5.32 Å². The predicted octanol–water partition coefficient (Wildman–Crippen LogP) is 0.649. The number of unbranched alkanes of at least 4 members (excludes halogenated alkanes) is 1. The smallest absolute Gasteiger partial charge is 0.306 e. The highest BCUT2D eigenvalue weighted by Crippen LogP contribution is 2.29. The van der Waals surface area contributed by atoms with Gasteiger partial charge < -0.3 is 16.2 Å². The van der Waals surface area contributed by atoms with Gasteiger partial charge in [-0.1, -0.05) is 6.42 Å².